The molecule has 18 heavy (non-hydrogen) atoms. The summed E-state index contributed by atoms with van der Waals surface area (Å²) in [7, 11) is 0. The molecule has 2 fully saturated rings. The zero-order chi connectivity index (χ0) is 12.1. The average molecular weight is 318 g/mol. The van der Waals surface area contributed by atoms with E-state index in [2.05, 4.69) is 13.8 Å². The van der Waals surface area contributed by atoms with Gasteiger partial charge in [0.1, 0.15) is 0 Å². The predicted molar refractivity (Wildman–Crippen MR) is 75.1 cm³/mol. The second-order valence-corrected chi connectivity index (χ2v) is 6.32. The fraction of sp³-hybridized carbons (Fsp3) is 1.00. The monoisotopic (exact) mass is 317 g/mol. The smallest absolute Gasteiger partial charge is 0.0892 e. The van der Waals surface area contributed by atoms with Gasteiger partial charge < -0.3 is 21.5 Å². The predicted octanol–water partition coefficient (Wildman–Crippen LogP) is 1.51. The van der Waals surface area contributed by atoms with Crippen molar-refractivity contribution in [1.82, 2.24) is 0 Å². The van der Waals surface area contributed by atoms with Crippen LogP contribution in [0.3, 0.4) is 0 Å². The summed E-state index contributed by atoms with van der Waals surface area (Å²) in [6.07, 6.45) is 15.0. The van der Waals surface area contributed by atoms with E-state index in [4.69, 9.17) is 0 Å². The van der Waals surface area contributed by atoms with Crippen molar-refractivity contribution in [3.63, 3.8) is 0 Å². The molecule has 0 aromatic rings. The van der Waals surface area contributed by atoms with E-state index in [0.717, 1.165) is 12.1 Å². The van der Waals surface area contributed by atoms with E-state index in [1.54, 1.807) is 0 Å². The zero-order valence-electron chi connectivity index (χ0n) is 12.5. The Morgan fingerprint density at radius 3 is 1.28 bits per heavy atom. The maximum Gasteiger partial charge on any atom is 0.0892 e. The molecule has 0 heterocycles. The molecule has 1 nitrogen and oxygen atoms in total. The summed E-state index contributed by atoms with van der Waals surface area (Å²) in [6.45, 7) is 7.66. The molecule has 0 spiro atoms. The second kappa shape index (κ2) is 7.89. The normalized spacial score (nSPS) is 23.7. The highest BCUT2D eigenvalue weighted by Crippen LogP contribution is 2.36. The molecule has 0 radical (unpaired) electrons. The minimum atomic E-state index is 0. The average Bonchev–Trinajstić information content (AvgIpc) is 2.43. The molecule has 0 unspecified atom stereocenters. The van der Waals surface area contributed by atoms with E-state index in [-0.39, 0.29) is 17.0 Å². The van der Waals surface area contributed by atoms with E-state index >= 15 is 0 Å². The van der Waals surface area contributed by atoms with Crippen molar-refractivity contribution in [2.75, 3.05) is 13.1 Å². The number of rotatable bonds is 4. The van der Waals surface area contributed by atoms with Crippen LogP contribution in [0.15, 0.2) is 0 Å². The molecule has 0 saturated heterocycles. The van der Waals surface area contributed by atoms with Gasteiger partial charge in [0.05, 0.1) is 25.2 Å². The highest BCUT2D eigenvalue weighted by atomic mass is 79.9. The molecule has 0 aliphatic heterocycles. The first-order chi connectivity index (χ1) is 8.33. The van der Waals surface area contributed by atoms with Crippen LogP contribution in [0.2, 0.25) is 0 Å². The van der Waals surface area contributed by atoms with E-state index in [0.29, 0.717) is 0 Å². The molecule has 2 aliphatic carbocycles. The van der Waals surface area contributed by atoms with Crippen molar-refractivity contribution in [1.29, 1.82) is 0 Å². The van der Waals surface area contributed by atoms with Crippen LogP contribution in [0, 0.1) is 0 Å². The first-order valence-electron chi connectivity index (χ1n) is 8.20. The van der Waals surface area contributed by atoms with Gasteiger partial charge in [0.15, 0.2) is 0 Å². The first kappa shape index (κ1) is 16.5. The van der Waals surface area contributed by atoms with Gasteiger partial charge in [-0.15, -0.1) is 0 Å². The van der Waals surface area contributed by atoms with Crippen molar-refractivity contribution in [3.05, 3.63) is 0 Å². The molecule has 2 saturated carbocycles. The quantitative estimate of drug-likeness (QED) is 0.690. The Morgan fingerprint density at radius 1 is 0.667 bits per heavy atom. The molecule has 0 amide bonds. The van der Waals surface area contributed by atoms with Crippen LogP contribution in [0.4, 0.5) is 0 Å². The molecule has 0 bridgehead atoms. The van der Waals surface area contributed by atoms with Crippen LogP contribution in [-0.4, -0.2) is 29.7 Å². The third-order valence-corrected chi connectivity index (χ3v) is 5.78. The summed E-state index contributed by atoms with van der Waals surface area (Å²) < 4.78 is 1.47. The van der Waals surface area contributed by atoms with Gasteiger partial charge >= 0.3 is 0 Å². The molecule has 0 N–H and O–H groups in total. The first-order valence-corrected chi connectivity index (χ1v) is 8.20. The van der Waals surface area contributed by atoms with Crippen molar-refractivity contribution in [2.24, 2.45) is 0 Å². The van der Waals surface area contributed by atoms with Gasteiger partial charge in [0.25, 0.3) is 0 Å². The van der Waals surface area contributed by atoms with Gasteiger partial charge in [-0.1, -0.05) is 12.8 Å². The van der Waals surface area contributed by atoms with E-state index in [1.165, 1.54) is 81.8 Å². The van der Waals surface area contributed by atoms with Gasteiger partial charge in [-0.3, -0.25) is 0 Å². The molecule has 2 aliphatic rings. The second-order valence-electron chi connectivity index (χ2n) is 6.32. The Morgan fingerprint density at radius 2 is 1.00 bits per heavy atom. The Kier molecular flexibility index (Phi) is 7.23. The molecule has 108 valence electrons. The lowest BCUT2D eigenvalue weighted by atomic mass is 9.85. The molecule has 0 aromatic carbocycles. The van der Waals surface area contributed by atoms with Crippen LogP contribution in [0.1, 0.15) is 78.1 Å². The van der Waals surface area contributed by atoms with Crippen LogP contribution < -0.4 is 17.0 Å². The van der Waals surface area contributed by atoms with E-state index in [1.807, 2.05) is 0 Å². The van der Waals surface area contributed by atoms with Crippen LogP contribution >= 0.6 is 0 Å². The topological polar surface area (TPSA) is 0 Å². The summed E-state index contributed by atoms with van der Waals surface area (Å²) in [5.74, 6) is 0. The number of nitrogens with zero attached hydrogens (tertiary/aromatic N) is 1. The van der Waals surface area contributed by atoms with Gasteiger partial charge in [0.2, 0.25) is 0 Å². The minimum absolute atomic E-state index is 0. The van der Waals surface area contributed by atoms with Crippen LogP contribution in [0.5, 0.6) is 0 Å². The summed E-state index contributed by atoms with van der Waals surface area (Å²) >= 11 is 0. The number of halogens is 1. The summed E-state index contributed by atoms with van der Waals surface area (Å²) in [4.78, 5) is 0. The lowest BCUT2D eigenvalue weighted by molar-refractivity contribution is -0.972. The van der Waals surface area contributed by atoms with Gasteiger partial charge in [0, 0.05) is 0 Å². The standard InChI is InChI=1S/C16H32N.BrH/c1-3-17(4-2,15-11-7-5-8-12-15)16-13-9-6-10-14-16;/h15-16H,3-14H2,1-2H3;1H/q+1;/p-1. The molecule has 0 atom stereocenters. The number of quaternary nitrogens is 1. The highest BCUT2D eigenvalue weighted by Gasteiger charge is 2.41. The minimum Gasteiger partial charge on any atom is -1.00 e. The van der Waals surface area contributed by atoms with Gasteiger partial charge in [-0.2, -0.15) is 0 Å². The summed E-state index contributed by atoms with van der Waals surface area (Å²) in [5, 5.41) is 0. The molecular formula is C16H32BrN. The Labute approximate surface area is 125 Å². The maximum atomic E-state index is 2.45. The number of hydrogen-bond acceptors (Lipinski definition) is 0. The summed E-state index contributed by atoms with van der Waals surface area (Å²) in [6, 6.07) is 2.00. The molecule has 0 aromatic heterocycles. The van der Waals surface area contributed by atoms with Crippen molar-refractivity contribution in [2.45, 2.75) is 90.1 Å². The maximum absolute atomic E-state index is 2.45. The fourth-order valence-electron chi connectivity index (χ4n) is 4.75. The fourth-order valence-corrected chi connectivity index (χ4v) is 4.75. The molecule has 2 heteroatoms. The highest BCUT2D eigenvalue weighted by molar-refractivity contribution is 4.74. The van der Waals surface area contributed by atoms with Crippen LogP contribution in [-0.2, 0) is 0 Å². The van der Waals surface area contributed by atoms with Crippen LogP contribution in [0.25, 0.3) is 0 Å². The lowest BCUT2D eigenvalue weighted by Crippen LogP contribution is -3.00. The third kappa shape index (κ3) is 3.30. The molecule has 2 rings (SSSR count). The number of hydrogen-bond donors (Lipinski definition) is 0. The van der Waals surface area contributed by atoms with Gasteiger partial charge in [-0.05, 0) is 65.2 Å². The van der Waals surface area contributed by atoms with Gasteiger partial charge in [-0.25, -0.2) is 0 Å². The van der Waals surface area contributed by atoms with Crippen molar-refractivity contribution in [3.8, 4) is 0 Å². The Bertz CT molecular complexity index is 193. The van der Waals surface area contributed by atoms with E-state index < -0.39 is 0 Å². The Hall–Kier alpha value is 0.440. The summed E-state index contributed by atoms with van der Waals surface area (Å²) in [5.41, 5.74) is 0. The molecular weight excluding hydrogens is 286 g/mol. The Balaban J connectivity index is 0.00000162. The largest absolute Gasteiger partial charge is 1.00 e. The zero-order valence-corrected chi connectivity index (χ0v) is 14.1. The third-order valence-electron chi connectivity index (χ3n) is 5.78. The van der Waals surface area contributed by atoms with E-state index in [9.17, 15) is 0 Å². The van der Waals surface area contributed by atoms with Crippen molar-refractivity contribution < 1.29 is 21.5 Å². The van der Waals surface area contributed by atoms with Crippen molar-refractivity contribution >= 4 is 0 Å². The SMILES string of the molecule is CC[N+](CC)(C1CCCCC1)C1CCCCC1.[Br-]. The lowest BCUT2D eigenvalue weighted by Gasteiger charge is -2.51.